The van der Waals surface area contributed by atoms with Crippen LogP contribution in [0.15, 0.2) is 28.3 Å². The molecule has 0 aromatic heterocycles. The molecular formula is C12H3Cl5O. The maximum Gasteiger partial charge on any atom is 0.229 e. The van der Waals surface area contributed by atoms with E-state index in [1.807, 2.05) is 12.1 Å². The molecule has 1 aromatic rings. The van der Waals surface area contributed by atoms with Crippen LogP contribution in [-0.4, -0.2) is 10.1 Å². The van der Waals surface area contributed by atoms with Gasteiger partial charge in [-0.3, -0.25) is 0 Å². The van der Waals surface area contributed by atoms with Gasteiger partial charge in [0.25, 0.3) is 0 Å². The smallest absolute Gasteiger partial charge is 0.229 e. The number of hydrogen-bond donors (Lipinski definition) is 0. The fourth-order valence-corrected chi connectivity index (χ4v) is 4.26. The lowest BCUT2D eigenvalue weighted by molar-refractivity contribution is 0.382. The van der Waals surface area contributed by atoms with Crippen molar-refractivity contribution in [2.75, 3.05) is 0 Å². The quantitative estimate of drug-likeness (QED) is 0.469. The number of rotatable bonds is 0. The molecule has 1 saturated heterocycles. The van der Waals surface area contributed by atoms with Crippen molar-refractivity contribution in [3.8, 4) is 0 Å². The number of fused-ring (bicyclic) bond motifs is 5. The molecule has 1 aromatic carbocycles. The highest BCUT2D eigenvalue weighted by Gasteiger charge is 2.77. The van der Waals surface area contributed by atoms with Gasteiger partial charge < -0.3 is 4.74 Å². The molecular weight excluding hydrogens is 337 g/mol. The summed E-state index contributed by atoms with van der Waals surface area (Å²) in [5, 5.41) is -1.19. The molecule has 18 heavy (non-hydrogen) atoms. The van der Waals surface area contributed by atoms with E-state index in [0.29, 0.717) is 10.1 Å². The van der Waals surface area contributed by atoms with E-state index in [2.05, 4.69) is 0 Å². The van der Waals surface area contributed by atoms with Gasteiger partial charge in [-0.1, -0.05) is 70.1 Å². The van der Waals surface area contributed by atoms with Crippen LogP contribution in [0.1, 0.15) is 11.1 Å². The minimum Gasteiger partial charge on any atom is -0.319 e. The third-order valence-corrected chi connectivity index (χ3v) is 5.95. The molecule has 1 nitrogen and oxygen atoms in total. The van der Waals surface area contributed by atoms with Crippen LogP contribution in [0.2, 0.25) is 5.02 Å². The summed E-state index contributed by atoms with van der Waals surface area (Å²) in [4.78, 5) is 0. The molecule has 3 aliphatic rings. The third-order valence-electron chi connectivity index (χ3n) is 3.45. The monoisotopic (exact) mass is 338 g/mol. The number of alkyl halides is 2. The molecule has 2 atom stereocenters. The molecule has 0 amide bonds. The van der Waals surface area contributed by atoms with Gasteiger partial charge >= 0.3 is 0 Å². The number of benzene rings is 1. The van der Waals surface area contributed by atoms with E-state index in [1.165, 1.54) is 0 Å². The third kappa shape index (κ3) is 1.05. The molecule has 92 valence electrons. The highest BCUT2D eigenvalue weighted by molar-refractivity contribution is 6.57. The Balaban J connectivity index is 2.04. The number of halogens is 5. The lowest BCUT2D eigenvalue weighted by Crippen LogP contribution is -2.28. The number of hydrogen-bond acceptors (Lipinski definition) is 1. The highest BCUT2D eigenvalue weighted by Crippen LogP contribution is 2.74. The average Bonchev–Trinajstić information content (AvgIpc) is 2.83. The van der Waals surface area contributed by atoms with Crippen LogP contribution >= 0.6 is 58.0 Å². The Labute approximate surface area is 128 Å². The summed E-state index contributed by atoms with van der Waals surface area (Å²) in [6.45, 7) is 0. The van der Waals surface area contributed by atoms with Crippen LogP contribution in [-0.2, 0) is 4.74 Å². The Morgan fingerprint density at radius 2 is 1.72 bits per heavy atom. The van der Waals surface area contributed by atoms with Crippen LogP contribution < -0.4 is 0 Å². The van der Waals surface area contributed by atoms with Crippen molar-refractivity contribution >= 4 is 69.2 Å². The van der Waals surface area contributed by atoms with Gasteiger partial charge in [0.1, 0.15) is 0 Å². The SMILES string of the molecule is ClC1=C(Cl)C2(Cl)OC2(Cl)C2=C1c1c(Cl)cccc12. The summed E-state index contributed by atoms with van der Waals surface area (Å²) in [7, 11) is 0. The Morgan fingerprint density at radius 3 is 2.44 bits per heavy atom. The molecule has 6 heteroatoms. The molecule has 1 fully saturated rings. The van der Waals surface area contributed by atoms with Gasteiger partial charge in [-0.25, -0.2) is 0 Å². The predicted octanol–water partition coefficient (Wildman–Crippen LogP) is 5.17. The van der Waals surface area contributed by atoms with Crippen molar-refractivity contribution in [1.82, 2.24) is 0 Å². The van der Waals surface area contributed by atoms with Gasteiger partial charge in [0.15, 0.2) is 0 Å². The summed E-state index contributed by atoms with van der Waals surface area (Å²) in [5.41, 5.74) is 3.28. The van der Waals surface area contributed by atoms with Crippen LogP contribution in [0.25, 0.3) is 11.1 Å². The Kier molecular flexibility index (Phi) is 2.13. The van der Waals surface area contributed by atoms with Crippen LogP contribution in [0.4, 0.5) is 0 Å². The Morgan fingerprint density at radius 1 is 1.00 bits per heavy atom. The summed E-state index contributed by atoms with van der Waals surface area (Å²) >= 11 is 31.2. The zero-order valence-corrected chi connectivity index (χ0v) is 12.3. The molecule has 2 aliphatic carbocycles. The highest BCUT2D eigenvalue weighted by atomic mass is 35.5. The first-order chi connectivity index (χ1) is 8.42. The van der Waals surface area contributed by atoms with Gasteiger partial charge in [-0.05, 0) is 11.6 Å². The average molecular weight is 340 g/mol. The first kappa shape index (κ1) is 11.9. The standard InChI is InChI=1S/C12H3Cl5O/c13-5-3-1-2-4-6(5)7-8(4)11(16)12(17,18-11)10(15)9(7)14/h1-3H. The van der Waals surface area contributed by atoms with E-state index < -0.39 is 10.1 Å². The zero-order chi connectivity index (χ0) is 12.9. The van der Waals surface area contributed by atoms with E-state index >= 15 is 0 Å². The number of epoxide rings is 1. The molecule has 1 aliphatic heterocycles. The second kappa shape index (κ2) is 3.22. The van der Waals surface area contributed by atoms with E-state index in [4.69, 9.17) is 62.7 Å². The lowest BCUT2D eigenvalue weighted by Gasteiger charge is -2.34. The van der Waals surface area contributed by atoms with Gasteiger partial charge in [-0.2, -0.15) is 0 Å². The van der Waals surface area contributed by atoms with E-state index in [0.717, 1.165) is 22.3 Å². The molecule has 0 saturated carbocycles. The molecule has 0 spiro atoms. The Hall–Kier alpha value is 0.110. The lowest BCUT2D eigenvalue weighted by atomic mass is 9.75. The molecule has 4 rings (SSSR count). The minimum absolute atomic E-state index is 0.213. The normalized spacial score (nSPS) is 35.8. The first-order valence-electron chi connectivity index (χ1n) is 5.10. The van der Waals surface area contributed by atoms with Crippen molar-refractivity contribution < 1.29 is 4.74 Å². The number of ether oxygens (including phenoxy) is 1. The largest absolute Gasteiger partial charge is 0.319 e. The molecule has 0 bridgehead atoms. The maximum atomic E-state index is 6.39. The van der Waals surface area contributed by atoms with Gasteiger partial charge in [-0.15, -0.1) is 0 Å². The maximum absolute atomic E-state index is 6.39. The van der Waals surface area contributed by atoms with Crippen molar-refractivity contribution in [2.24, 2.45) is 0 Å². The van der Waals surface area contributed by atoms with Crippen LogP contribution in [0.5, 0.6) is 0 Å². The van der Waals surface area contributed by atoms with Crippen molar-refractivity contribution in [3.63, 3.8) is 0 Å². The van der Waals surface area contributed by atoms with Crippen LogP contribution in [0.3, 0.4) is 0 Å². The van der Waals surface area contributed by atoms with Gasteiger partial charge in [0.2, 0.25) is 10.1 Å². The first-order valence-corrected chi connectivity index (χ1v) is 6.99. The van der Waals surface area contributed by atoms with E-state index in [1.54, 1.807) is 6.07 Å². The summed E-state index contributed by atoms with van der Waals surface area (Å²) in [5.74, 6) is 0. The Bertz CT molecular complexity index is 692. The zero-order valence-electron chi connectivity index (χ0n) is 8.53. The fraction of sp³-hybridized carbons (Fsp3) is 0.167. The van der Waals surface area contributed by atoms with Crippen molar-refractivity contribution in [3.05, 3.63) is 44.4 Å². The molecule has 1 heterocycles. The molecule has 2 unspecified atom stereocenters. The number of allylic oxidation sites excluding steroid dienone is 2. The minimum atomic E-state index is -1.24. The summed E-state index contributed by atoms with van der Waals surface area (Å²) in [6.07, 6.45) is 0. The second-order valence-electron chi connectivity index (χ2n) is 4.33. The summed E-state index contributed by atoms with van der Waals surface area (Å²) in [6, 6.07) is 5.54. The van der Waals surface area contributed by atoms with Crippen molar-refractivity contribution in [1.29, 1.82) is 0 Å². The van der Waals surface area contributed by atoms with Gasteiger partial charge in [0.05, 0.1) is 10.1 Å². The van der Waals surface area contributed by atoms with E-state index in [-0.39, 0.29) is 5.03 Å². The summed E-state index contributed by atoms with van der Waals surface area (Å²) < 4.78 is 5.42. The second-order valence-corrected chi connectivity index (χ2v) is 6.56. The van der Waals surface area contributed by atoms with Crippen LogP contribution in [0, 0.1) is 0 Å². The van der Waals surface area contributed by atoms with Crippen molar-refractivity contribution in [2.45, 2.75) is 10.1 Å². The van der Waals surface area contributed by atoms with Gasteiger partial charge in [0, 0.05) is 21.7 Å². The fourth-order valence-electron chi connectivity index (χ4n) is 2.55. The predicted molar refractivity (Wildman–Crippen MR) is 75.3 cm³/mol. The topological polar surface area (TPSA) is 12.5 Å². The molecule has 0 N–H and O–H groups in total. The molecule has 0 radical (unpaired) electrons. The van der Waals surface area contributed by atoms with E-state index in [9.17, 15) is 0 Å².